The Kier molecular flexibility index (Phi) is 7.16. The van der Waals surface area contributed by atoms with E-state index in [1.54, 1.807) is 26.4 Å². The van der Waals surface area contributed by atoms with Gasteiger partial charge in [-0.1, -0.05) is 18.2 Å². The van der Waals surface area contributed by atoms with Gasteiger partial charge in [-0.05, 0) is 19.4 Å². The number of nitrogens with one attached hydrogen (secondary N) is 2. The van der Waals surface area contributed by atoms with E-state index in [-0.39, 0.29) is 11.9 Å². The third-order valence-electron chi connectivity index (χ3n) is 4.94. The average molecular weight is 400 g/mol. The topological polar surface area (TPSA) is 58.1 Å². The summed E-state index contributed by atoms with van der Waals surface area (Å²) in [6, 6.07) is 12.9. The fourth-order valence-corrected chi connectivity index (χ4v) is 3.39. The Hall–Kier alpha value is -2.96. The van der Waals surface area contributed by atoms with Crippen LogP contribution in [-0.2, 0) is 6.54 Å². The molecule has 0 bridgehead atoms. The molecule has 6 nitrogen and oxygen atoms in total. The highest BCUT2D eigenvalue weighted by atomic mass is 19.1. The summed E-state index contributed by atoms with van der Waals surface area (Å²) in [4.78, 5) is 6.85. The SMILES string of the molecule is CCNC(=NCc1ccccc1F)NC1CCN(c2cc(OC)cc(OC)c2)C1. The van der Waals surface area contributed by atoms with Crippen LogP contribution in [-0.4, -0.2) is 45.9 Å². The molecule has 156 valence electrons. The Balaban J connectivity index is 1.65. The molecule has 1 fully saturated rings. The van der Waals surface area contributed by atoms with Crippen LogP contribution < -0.4 is 25.0 Å². The second kappa shape index (κ2) is 10.0. The third kappa shape index (κ3) is 5.53. The minimum absolute atomic E-state index is 0.230. The van der Waals surface area contributed by atoms with Gasteiger partial charge in [0.05, 0.1) is 20.8 Å². The first-order valence-electron chi connectivity index (χ1n) is 9.89. The molecule has 1 heterocycles. The van der Waals surface area contributed by atoms with E-state index in [1.807, 2.05) is 31.2 Å². The maximum absolute atomic E-state index is 13.9. The summed E-state index contributed by atoms with van der Waals surface area (Å²) >= 11 is 0. The van der Waals surface area contributed by atoms with Crippen LogP contribution in [0.3, 0.4) is 0 Å². The number of guanidine groups is 1. The zero-order valence-electron chi connectivity index (χ0n) is 17.2. The van der Waals surface area contributed by atoms with Crippen molar-refractivity contribution >= 4 is 11.6 Å². The fourth-order valence-electron chi connectivity index (χ4n) is 3.39. The van der Waals surface area contributed by atoms with E-state index in [9.17, 15) is 4.39 Å². The molecule has 0 saturated carbocycles. The summed E-state index contributed by atoms with van der Waals surface area (Å²) in [6.45, 7) is 4.81. The summed E-state index contributed by atoms with van der Waals surface area (Å²) < 4.78 is 24.6. The quantitative estimate of drug-likeness (QED) is 0.552. The lowest BCUT2D eigenvalue weighted by molar-refractivity contribution is 0.394. The smallest absolute Gasteiger partial charge is 0.191 e. The summed E-state index contributed by atoms with van der Waals surface area (Å²) in [6.07, 6.45) is 0.976. The molecule has 0 radical (unpaired) electrons. The molecule has 0 aromatic heterocycles. The number of benzene rings is 2. The monoisotopic (exact) mass is 400 g/mol. The Morgan fingerprint density at radius 2 is 1.90 bits per heavy atom. The molecule has 1 aliphatic rings. The molecule has 3 rings (SSSR count). The second-order valence-electron chi connectivity index (χ2n) is 6.93. The highest BCUT2D eigenvalue weighted by Gasteiger charge is 2.24. The van der Waals surface area contributed by atoms with Crippen molar-refractivity contribution in [1.82, 2.24) is 10.6 Å². The first-order chi connectivity index (χ1) is 14.1. The van der Waals surface area contributed by atoms with Gasteiger partial charge in [0, 0.05) is 55.1 Å². The van der Waals surface area contributed by atoms with E-state index in [4.69, 9.17) is 9.47 Å². The van der Waals surface area contributed by atoms with Crippen LogP contribution in [0, 0.1) is 5.82 Å². The number of methoxy groups -OCH3 is 2. The van der Waals surface area contributed by atoms with Gasteiger partial charge in [-0.3, -0.25) is 0 Å². The Morgan fingerprint density at radius 3 is 2.55 bits per heavy atom. The van der Waals surface area contributed by atoms with Crippen LogP contribution in [0.5, 0.6) is 11.5 Å². The van der Waals surface area contributed by atoms with E-state index >= 15 is 0 Å². The number of anilines is 1. The van der Waals surface area contributed by atoms with E-state index in [0.717, 1.165) is 43.2 Å². The number of hydrogen-bond acceptors (Lipinski definition) is 4. The molecule has 0 amide bonds. The summed E-state index contributed by atoms with van der Waals surface area (Å²) in [5.74, 6) is 2.02. The molecule has 0 aliphatic carbocycles. The van der Waals surface area contributed by atoms with Crippen LogP contribution >= 0.6 is 0 Å². The standard InChI is InChI=1S/C22H29FN4O2/c1-4-24-22(25-14-16-7-5-6-8-21(16)23)26-17-9-10-27(15-17)18-11-19(28-2)13-20(12-18)29-3/h5-8,11-13,17H,4,9-10,14-15H2,1-3H3,(H2,24,25,26). The molecule has 29 heavy (non-hydrogen) atoms. The summed E-state index contributed by atoms with van der Waals surface area (Å²) in [5.41, 5.74) is 1.65. The minimum Gasteiger partial charge on any atom is -0.497 e. The lowest BCUT2D eigenvalue weighted by Gasteiger charge is -2.21. The van der Waals surface area contributed by atoms with Crippen LogP contribution in [0.15, 0.2) is 47.5 Å². The molecule has 2 aromatic carbocycles. The number of rotatable bonds is 7. The molecule has 0 spiro atoms. The largest absolute Gasteiger partial charge is 0.497 e. The van der Waals surface area contributed by atoms with Crippen LogP contribution in [0.2, 0.25) is 0 Å². The minimum atomic E-state index is -0.230. The average Bonchev–Trinajstić information content (AvgIpc) is 3.21. The Bertz CT molecular complexity index is 821. The first-order valence-corrected chi connectivity index (χ1v) is 9.89. The highest BCUT2D eigenvalue weighted by Crippen LogP contribution is 2.30. The van der Waals surface area contributed by atoms with Gasteiger partial charge in [-0.25, -0.2) is 9.38 Å². The van der Waals surface area contributed by atoms with Gasteiger partial charge >= 0.3 is 0 Å². The van der Waals surface area contributed by atoms with Gasteiger partial charge in [0.1, 0.15) is 17.3 Å². The van der Waals surface area contributed by atoms with E-state index < -0.39 is 0 Å². The van der Waals surface area contributed by atoms with Crippen LogP contribution in [0.1, 0.15) is 18.9 Å². The lowest BCUT2D eigenvalue weighted by atomic mass is 10.2. The van der Waals surface area contributed by atoms with Crippen molar-refractivity contribution in [3.8, 4) is 11.5 Å². The zero-order chi connectivity index (χ0) is 20.6. The molecule has 1 aliphatic heterocycles. The van der Waals surface area contributed by atoms with Crippen molar-refractivity contribution < 1.29 is 13.9 Å². The molecule has 1 unspecified atom stereocenters. The molecule has 1 atom stereocenters. The van der Waals surface area contributed by atoms with Crippen molar-refractivity contribution in [2.75, 3.05) is 38.8 Å². The molecule has 1 saturated heterocycles. The van der Waals surface area contributed by atoms with Crippen LogP contribution in [0.4, 0.5) is 10.1 Å². The van der Waals surface area contributed by atoms with Crippen molar-refractivity contribution in [2.24, 2.45) is 4.99 Å². The number of halogens is 1. The first kappa shape index (κ1) is 20.8. The normalized spacial score (nSPS) is 16.6. The number of aliphatic imine (C=N–C) groups is 1. The number of hydrogen-bond donors (Lipinski definition) is 2. The highest BCUT2D eigenvalue weighted by molar-refractivity contribution is 5.80. The fraction of sp³-hybridized carbons (Fsp3) is 0.409. The van der Waals surface area contributed by atoms with Crippen molar-refractivity contribution in [3.63, 3.8) is 0 Å². The van der Waals surface area contributed by atoms with Gasteiger partial charge in [0.2, 0.25) is 0 Å². The predicted octanol–water partition coefficient (Wildman–Crippen LogP) is 3.18. The predicted molar refractivity (Wildman–Crippen MR) is 115 cm³/mol. The van der Waals surface area contributed by atoms with Gasteiger partial charge in [0.25, 0.3) is 0 Å². The van der Waals surface area contributed by atoms with Crippen molar-refractivity contribution in [3.05, 3.63) is 53.8 Å². The summed E-state index contributed by atoms with van der Waals surface area (Å²) in [7, 11) is 3.31. The molecule has 7 heteroatoms. The van der Waals surface area contributed by atoms with Gasteiger partial charge in [-0.15, -0.1) is 0 Å². The molecular weight excluding hydrogens is 371 g/mol. The Labute approximate surface area is 171 Å². The van der Waals surface area contributed by atoms with Crippen LogP contribution in [0.25, 0.3) is 0 Å². The summed E-state index contributed by atoms with van der Waals surface area (Å²) in [5, 5.41) is 6.72. The van der Waals surface area contributed by atoms with E-state index in [2.05, 4.69) is 20.5 Å². The molecule has 2 aromatic rings. The molecular formula is C22H29FN4O2. The molecule has 2 N–H and O–H groups in total. The van der Waals surface area contributed by atoms with Crippen molar-refractivity contribution in [1.29, 1.82) is 0 Å². The van der Waals surface area contributed by atoms with Gasteiger partial charge in [0.15, 0.2) is 5.96 Å². The third-order valence-corrected chi connectivity index (χ3v) is 4.94. The maximum atomic E-state index is 13.9. The van der Waals surface area contributed by atoms with Crippen molar-refractivity contribution in [2.45, 2.75) is 25.9 Å². The number of ether oxygens (including phenoxy) is 2. The van der Waals surface area contributed by atoms with Gasteiger partial charge in [-0.2, -0.15) is 0 Å². The number of nitrogens with zero attached hydrogens (tertiary/aromatic N) is 2. The van der Waals surface area contributed by atoms with E-state index in [1.165, 1.54) is 6.07 Å². The lowest BCUT2D eigenvalue weighted by Crippen LogP contribution is -2.44. The second-order valence-corrected chi connectivity index (χ2v) is 6.93. The Morgan fingerprint density at radius 1 is 1.17 bits per heavy atom. The van der Waals surface area contributed by atoms with E-state index in [0.29, 0.717) is 18.1 Å². The van der Waals surface area contributed by atoms with Gasteiger partial charge < -0.3 is 25.0 Å². The zero-order valence-corrected chi connectivity index (χ0v) is 17.2. The maximum Gasteiger partial charge on any atom is 0.191 e.